The van der Waals surface area contributed by atoms with Crippen LogP contribution in [0.1, 0.15) is 22.9 Å². The third-order valence-corrected chi connectivity index (χ3v) is 7.47. The second-order valence-corrected chi connectivity index (χ2v) is 9.15. The number of sulfone groups is 1. The minimum atomic E-state index is -3.18. The molecule has 0 saturated carbocycles. The fourth-order valence-corrected chi connectivity index (χ4v) is 6.63. The fraction of sp³-hybridized carbons (Fsp3) is 0.571. The van der Waals surface area contributed by atoms with Crippen molar-refractivity contribution in [3.05, 3.63) is 27.1 Å². The maximum atomic E-state index is 12.9. The number of methoxy groups -OCH3 is 1. The van der Waals surface area contributed by atoms with Crippen LogP contribution in [0, 0.1) is 0 Å². The van der Waals surface area contributed by atoms with Crippen LogP contribution in [0.5, 0.6) is 0 Å². The lowest BCUT2D eigenvalue weighted by Gasteiger charge is -2.18. The van der Waals surface area contributed by atoms with Crippen molar-refractivity contribution in [2.45, 2.75) is 31.4 Å². The van der Waals surface area contributed by atoms with Crippen LogP contribution in [0.2, 0.25) is 0 Å². The largest absolute Gasteiger partial charge is 0.378 e. The molecule has 0 unspecified atom stereocenters. The summed E-state index contributed by atoms with van der Waals surface area (Å²) in [5.41, 5.74) is 0.982. The monoisotopic (exact) mass is 340 g/mol. The second kappa shape index (κ2) is 4.87. The summed E-state index contributed by atoms with van der Waals surface area (Å²) in [6.07, 6.45) is 3.98. The Kier molecular flexibility index (Phi) is 3.18. The van der Waals surface area contributed by atoms with E-state index < -0.39 is 22.0 Å². The number of hydrogen-bond acceptors (Lipinski definition) is 6. The Morgan fingerprint density at radius 3 is 2.95 bits per heavy atom. The normalized spacial score (nSPS) is 26.6. The molecule has 8 heteroatoms. The molecule has 0 radical (unpaired) electrons. The third kappa shape index (κ3) is 2.04. The van der Waals surface area contributed by atoms with Crippen molar-refractivity contribution in [1.29, 1.82) is 0 Å². The molecule has 6 nitrogen and oxygen atoms in total. The zero-order valence-corrected chi connectivity index (χ0v) is 13.7. The average Bonchev–Trinajstić information content (AvgIpc) is 3.10. The van der Waals surface area contributed by atoms with Crippen LogP contribution in [0.15, 0.2) is 11.1 Å². The van der Waals surface area contributed by atoms with Gasteiger partial charge in [-0.3, -0.25) is 9.36 Å². The van der Waals surface area contributed by atoms with Crippen LogP contribution in [0.25, 0.3) is 10.2 Å². The molecule has 22 heavy (non-hydrogen) atoms. The van der Waals surface area contributed by atoms with E-state index in [9.17, 15) is 13.2 Å². The number of thiophene rings is 1. The zero-order valence-electron chi connectivity index (χ0n) is 12.1. The lowest BCUT2D eigenvalue weighted by atomic mass is 10.1. The van der Waals surface area contributed by atoms with Gasteiger partial charge in [0, 0.05) is 12.0 Å². The van der Waals surface area contributed by atoms with Crippen LogP contribution in [-0.2, 0) is 27.4 Å². The van der Waals surface area contributed by atoms with Crippen molar-refractivity contribution in [2.75, 3.05) is 18.6 Å². The van der Waals surface area contributed by atoms with Crippen LogP contribution >= 0.6 is 11.3 Å². The highest BCUT2D eigenvalue weighted by Crippen LogP contribution is 2.35. The Labute approximate surface area is 131 Å². The Hall–Kier alpha value is -1.25. The van der Waals surface area contributed by atoms with Gasteiger partial charge in [-0.1, -0.05) is 0 Å². The molecule has 1 aliphatic heterocycles. The van der Waals surface area contributed by atoms with Gasteiger partial charge in [0.05, 0.1) is 35.4 Å². The summed E-state index contributed by atoms with van der Waals surface area (Å²) in [4.78, 5) is 19.3. The first kappa shape index (κ1) is 14.3. The number of aromatic nitrogens is 2. The van der Waals surface area contributed by atoms with Crippen molar-refractivity contribution in [1.82, 2.24) is 9.55 Å². The molecule has 0 aromatic carbocycles. The quantitative estimate of drug-likeness (QED) is 0.813. The molecule has 0 spiro atoms. The second-order valence-electron chi connectivity index (χ2n) is 5.91. The van der Waals surface area contributed by atoms with Gasteiger partial charge in [-0.05, 0) is 24.8 Å². The zero-order chi connectivity index (χ0) is 15.5. The van der Waals surface area contributed by atoms with Gasteiger partial charge in [0.15, 0.2) is 9.84 Å². The van der Waals surface area contributed by atoms with Gasteiger partial charge in [-0.25, -0.2) is 13.4 Å². The Balaban J connectivity index is 1.89. The Bertz CT molecular complexity index is 913. The van der Waals surface area contributed by atoms with Crippen LogP contribution in [0.4, 0.5) is 0 Å². The summed E-state index contributed by atoms with van der Waals surface area (Å²) in [6, 6.07) is -0.489. The lowest BCUT2D eigenvalue weighted by molar-refractivity contribution is 0.0874. The van der Waals surface area contributed by atoms with Crippen molar-refractivity contribution >= 4 is 31.4 Å². The van der Waals surface area contributed by atoms with E-state index in [-0.39, 0.29) is 17.1 Å². The molecule has 2 aromatic heterocycles. The van der Waals surface area contributed by atoms with E-state index in [1.54, 1.807) is 11.3 Å². The highest BCUT2D eigenvalue weighted by molar-refractivity contribution is 7.91. The summed E-state index contributed by atoms with van der Waals surface area (Å²) in [5.74, 6) is -0.106. The summed E-state index contributed by atoms with van der Waals surface area (Å²) in [6.45, 7) is 0. The average molecular weight is 340 g/mol. The molecule has 4 rings (SSSR count). The number of ether oxygens (including phenoxy) is 1. The first-order valence-electron chi connectivity index (χ1n) is 7.25. The molecule has 2 atom stereocenters. The maximum absolute atomic E-state index is 12.9. The van der Waals surface area contributed by atoms with Crippen molar-refractivity contribution in [3.63, 3.8) is 0 Å². The van der Waals surface area contributed by atoms with Crippen LogP contribution in [0.3, 0.4) is 0 Å². The van der Waals surface area contributed by atoms with E-state index in [1.807, 2.05) is 0 Å². The Morgan fingerprint density at radius 1 is 1.36 bits per heavy atom. The van der Waals surface area contributed by atoms with E-state index in [2.05, 4.69) is 4.98 Å². The SMILES string of the molecule is CO[C@@H]1CS(=O)(=O)C[C@H]1n1cnc2sc3c(c2c1=O)CCC3. The van der Waals surface area contributed by atoms with E-state index in [0.717, 1.165) is 29.7 Å². The molecule has 1 fully saturated rings. The highest BCUT2D eigenvalue weighted by atomic mass is 32.2. The van der Waals surface area contributed by atoms with Gasteiger partial charge in [0.2, 0.25) is 0 Å². The van der Waals surface area contributed by atoms with Crippen LogP contribution < -0.4 is 5.56 Å². The highest BCUT2D eigenvalue weighted by Gasteiger charge is 2.40. The van der Waals surface area contributed by atoms with Crippen LogP contribution in [-0.4, -0.2) is 42.7 Å². The molecule has 1 saturated heterocycles. The van der Waals surface area contributed by atoms with Gasteiger partial charge in [0.1, 0.15) is 4.83 Å². The van der Waals surface area contributed by atoms with Crippen molar-refractivity contribution < 1.29 is 13.2 Å². The smallest absolute Gasteiger partial charge is 0.262 e. The molecule has 2 aliphatic rings. The molecule has 1 aliphatic carbocycles. The standard InChI is InChI=1S/C14H16N2O4S2/c1-20-10-6-22(18,19)5-9(10)16-7-15-13-12(14(16)17)8-3-2-4-11(8)21-13/h7,9-10H,2-6H2,1H3/t9-,10-/m1/s1. The number of hydrogen-bond donors (Lipinski definition) is 0. The van der Waals surface area contributed by atoms with E-state index in [4.69, 9.17) is 4.74 Å². The minimum Gasteiger partial charge on any atom is -0.378 e. The lowest BCUT2D eigenvalue weighted by Crippen LogP contribution is -2.32. The maximum Gasteiger partial charge on any atom is 0.262 e. The molecule has 118 valence electrons. The van der Waals surface area contributed by atoms with E-state index >= 15 is 0 Å². The van der Waals surface area contributed by atoms with E-state index in [1.165, 1.54) is 22.9 Å². The molecule has 2 aromatic rings. The summed E-state index contributed by atoms with van der Waals surface area (Å²) < 4.78 is 30.5. The predicted octanol–water partition coefficient (Wildman–Crippen LogP) is 0.931. The topological polar surface area (TPSA) is 78.3 Å². The minimum absolute atomic E-state index is 0.0413. The van der Waals surface area contributed by atoms with Crippen molar-refractivity contribution in [2.24, 2.45) is 0 Å². The van der Waals surface area contributed by atoms with Crippen molar-refractivity contribution in [3.8, 4) is 0 Å². The van der Waals surface area contributed by atoms with Gasteiger partial charge in [0.25, 0.3) is 5.56 Å². The fourth-order valence-electron chi connectivity index (χ4n) is 3.52. The van der Waals surface area contributed by atoms with Gasteiger partial charge in [-0.2, -0.15) is 0 Å². The number of aryl methyl sites for hydroxylation is 2. The number of nitrogens with zero attached hydrogens (tertiary/aromatic N) is 2. The Morgan fingerprint density at radius 2 is 2.18 bits per heavy atom. The van der Waals surface area contributed by atoms with E-state index in [0.29, 0.717) is 5.39 Å². The first-order chi connectivity index (χ1) is 10.5. The molecular formula is C14H16N2O4S2. The van der Waals surface area contributed by atoms with Gasteiger partial charge in [-0.15, -0.1) is 11.3 Å². The summed E-state index contributed by atoms with van der Waals surface area (Å²) >= 11 is 1.58. The summed E-state index contributed by atoms with van der Waals surface area (Å²) in [7, 11) is -1.70. The number of rotatable bonds is 2. The summed E-state index contributed by atoms with van der Waals surface area (Å²) in [5, 5.41) is 0.680. The molecule has 0 bridgehead atoms. The molecular weight excluding hydrogens is 324 g/mol. The number of fused-ring (bicyclic) bond motifs is 3. The molecule has 0 amide bonds. The first-order valence-corrected chi connectivity index (χ1v) is 9.88. The predicted molar refractivity (Wildman–Crippen MR) is 84.4 cm³/mol. The third-order valence-electron chi connectivity index (χ3n) is 4.58. The molecule has 3 heterocycles. The van der Waals surface area contributed by atoms with Gasteiger partial charge < -0.3 is 4.74 Å². The molecule has 0 N–H and O–H groups in total. The van der Waals surface area contributed by atoms with Gasteiger partial charge >= 0.3 is 0 Å².